The first-order valence-electron chi connectivity index (χ1n) is 5.84. The molecule has 1 aromatic carbocycles. The molecule has 5 heteroatoms. The number of nitrogens with zero attached hydrogens (tertiary/aromatic N) is 2. The second-order valence-corrected chi connectivity index (χ2v) is 4.10. The Hall–Kier alpha value is -1.75. The number of halogens is 2. The second kappa shape index (κ2) is 5.73. The molecule has 0 fully saturated rings. The lowest BCUT2D eigenvalue weighted by molar-refractivity contribution is 0.573. The van der Waals surface area contributed by atoms with Gasteiger partial charge in [0.25, 0.3) is 0 Å². The van der Waals surface area contributed by atoms with Crippen molar-refractivity contribution in [3.8, 4) is 5.69 Å². The van der Waals surface area contributed by atoms with Gasteiger partial charge in [0.1, 0.15) is 11.5 Å². The standard InChI is InChI=1S/C13H15F2N3/c1-16-6-2-3-10-8-17-18(9-10)13-5-4-11(14)7-12(13)15/h4-5,7-9,16H,2-3,6H2,1H3. The summed E-state index contributed by atoms with van der Waals surface area (Å²) in [5, 5.41) is 7.15. The fraction of sp³-hybridized carbons (Fsp3) is 0.308. The minimum Gasteiger partial charge on any atom is -0.320 e. The lowest BCUT2D eigenvalue weighted by Crippen LogP contribution is -2.08. The number of nitrogens with one attached hydrogen (secondary N) is 1. The van der Waals surface area contributed by atoms with E-state index in [1.165, 1.54) is 16.8 Å². The van der Waals surface area contributed by atoms with Gasteiger partial charge in [-0.3, -0.25) is 0 Å². The van der Waals surface area contributed by atoms with Crippen LogP contribution < -0.4 is 5.32 Å². The highest BCUT2D eigenvalue weighted by Crippen LogP contribution is 2.15. The van der Waals surface area contributed by atoms with E-state index >= 15 is 0 Å². The summed E-state index contributed by atoms with van der Waals surface area (Å²) in [5.41, 5.74) is 1.30. The number of hydrogen-bond donors (Lipinski definition) is 1. The van der Waals surface area contributed by atoms with E-state index in [9.17, 15) is 8.78 Å². The van der Waals surface area contributed by atoms with Crippen molar-refractivity contribution < 1.29 is 8.78 Å². The molecule has 0 unspecified atom stereocenters. The second-order valence-electron chi connectivity index (χ2n) is 4.10. The zero-order chi connectivity index (χ0) is 13.0. The molecule has 1 aromatic heterocycles. The Kier molecular flexibility index (Phi) is 4.04. The molecule has 0 radical (unpaired) electrons. The molecule has 0 spiro atoms. The normalized spacial score (nSPS) is 10.8. The zero-order valence-electron chi connectivity index (χ0n) is 10.2. The third kappa shape index (κ3) is 2.92. The van der Waals surface area contributed by atoms with Crippen molar-refractivity contribution in [2.45, 2.75) is 12.8 Å². The van der Waals surface area contributed by atoms with Crippen molar-refractivity contribution in [2.24, 2.45) is 0 Å². The van der Waals surface area contributed by atoms with Gasteiger partial charge in [-0.2, -0.15) is 5.10 Å². The van der Waals surface area contributed by atoms with Crippen molar-refractivity contribution in [1.29, 1.82) is 0 Å². The first-order chi connectivity index (χ1) is 8.70. The van der Waals surface area contributed by atoms with Crippen molar-refractivity contribution in [3.05, 3.63) is 47.8 Å². The van der Waals surface area contributed by atoms with Crippen LogP contribution >= 0.6 is 0 Å². The molecule has 1 N–H and O–H groups in total. The predicted octanol–water partition coefficient (Wildman–Crippen LogP) is 2.30. The molecular formula is C13H15F2N3. The van der Waals surface area contributed by atoms with Crippen LogP contribution in [0.3, 0.4) is 0 Å². The van der Waals surface area contributed by atoms with Crippen LogP contribution in [0.25, 0.3) is 5.69 Å². The highest BCUT2D eigenvalue weighted by Gasteiger charge is 2.07. The minimum absolute atomic E-state index is 0.260. The SMILES string of the molecule is CNCCCc1cnn(-c2ccc(F)cc2F)c1. The third-order valence-electron chi connectivity index (χ3n) is 2.68. The Morgan fingerprint density at radius 2 is 2.17 bits per heavy atom. The van der Waals surface area contributed by atoms with Gasteiger partial charge in [0, 0.05) is 12.3 Å². The van der Waals surface area contributed by atoms with Crippen LogP contribution in [0.4, 0.5) is 8.78 Å². The maximum atomic E-state index is 13.5. The Balaban J connectivity index is 2.13. The summed E-state index contributed by atoms with van der Waals surface area (Å²) >= 11 is 0. The van der Waals surface area contributed by atoms with Crippen molar-refractivity contribution in [1.82, 2.24) is 15.1 Å². The van der Waals surface area contributed by atoms with Crippen molar-refractivity contribution in [3.63, 3.8) is 0 Å². The number of aromatic nitrogens is 2. The summed E-state index contributed by atoms with van der Waals surface area (Å²) in [5.74, 6) is -1.20. The molecule has 0 amide bonds. The number of hydrogen-bond acceptors (Lipinski definition) is 2. The highest BCUT2D eigenvalue weighted by atomic mass is 19.1. The van der Waals surface area contributed by atoms with Gasteiger partial charge in [0.05, 0.1) is 6.20 Å². The fourth-order valence-electron chi connectivity index (χ4n) is 1.76. The fourth-order valence-corrected chi connectivity index (χ4v) is 1.76. The maximum absolute atomic E-state index is 13.5. The third-order valence-corrected chi connectivity index (χ3v) is 2.68. The lowest BCUT2D eigenvalue weighted by atomic mass is 10.2. The van der Waals surface area contributed by atoms with Gasteiger partial charge < -0.3 is 5.32 Å². The largest absolute Gasteiger partial charge is 0.320 e. The molecule has 0 saturated heterocycles. The van der Waals surface area contributed by atoms with E-state index in [0.29, 0.717) is 0 Å². The molecule has 2 rings (SSSR count). The molecule has 0 aliphatic rings. The quantitative estimate of drug-likeness (QED) is 0.826. The van der Waals surface area contributed by atoms with E-state index < -0.39 is 11.6 Å². The molecule has 0 aliphatic heterocycles. The first-order valence-corrected chi connectivity index (χ1v) is 5.84. The summed E-state index contributed by atoms with van der Waals surface area (Å²) in [6.45, 7) is 0.927. The smallest absolute Gasteiger partial charge is 0.151 e. The van der Waals surface area contributed by atoms with Gasteiger partial charge in [0.15, 0.2) is 5.82 Å². The van der Waals surface area contributed by atoms with E-state index in [2.05, 4.69) is 10.4 Å². The molecule has 2 aromatic rings. The predicted molar refractivity (Wildman–Crippen MR) is 65.7 cm³/mol. The van der Waals surface area contributed by atoms with Gasteiger partial charge in [-0.05, 0) is 44.1 Å². The average Bonchev–Trinajstić information content (AvgIpc) is 2.78. The number of aryl methyl sites for hydroxylation is 1. The van der Waals surface area contributed by atoms with Crippen LogP contribution in [0.15, 0.2) is 30.6 Å². The van der Waals surface area contributed by atoms with E-state index in [1.54, 1.807) is 12.4 Å². The summed E-state index contributed by atoms with van der Waals surface area (Å²) < 4.78 is 27.8. The average molecular weight is 251 g/mol. The van der Waals surface area contributed by atoms with Crippen molar-refractivity contribution >= 4 is 0 Å². The highest BCUT2D eigenvalue weighted by molar-refractivity contribution is 5.33. The molecule has 3 nitrogen and oxygen atoms in total. The summed E-state index contributed by atoms with van der Waals surface area (Å²) in [7, 11) is 1.90. The van der Waals surface area contributed by atoms with Gasteiger partial charge in [0.2, 0.25) is 0 Å². The summed E-state index contributed by atoms with van der Waals surface area (Å²) in [6, 6.07) is 3.47. The molecule has 1 heterocycles. The number of rotatable bonds is 5. The van der Waals surface area contributed by atoms with Gasteiger partial charge in [-0.15, -0.1) is 0 Å². The van der Waals surface area contributed by atoms with Crippen LogP contribution in [0.1, 0.15) is 12.0 Å². The monoisotopic (exact) mass is 251 g/mol. The van der Waals surface area contributed by atoms with E-state index in [4.69, 9.17) is 0 Å². The molecular weight excluding hydrogens is 236 g/mol. The van der Waals surface area contributed by atoms with Gasteiger partial charge in [-0.1, -0.05) is 0 Å². The summed E-state index contributed by atoms with van der Waals surface area (Å²) in [4.78, 5) is 0. The van der Waals surface area contributed by atoms with Crippen LogP contribution in [0.2, 0.25) is 0 Å². The summed E-state index contributed by atoms with van der Waals surface area (Å²) in [6.07, 6.45) is 5.35. The Bertz CT molecular complexity index is 523. The molecule has 0 aliphatic carbocycles. The molecule has 96 valence electrons. The van der Waals surface area contributed by atoms with E-state index in [1.807, 2.05) is 7.05 Å². The molecule has 18 heavy (non-hydrogen) atoms. The minimum atomic E-state index is -0.611. The van der Waals surface area contributed by atoms with Crippen LogP contribution in [-0.4, -0.2) is 23.4 Å². The first kappa shape index (κ1) is 12.7. The van der Waals surface area contributed by atoms with Crippen LogP contribution in [-0.2, 0) is 6.42 Å². The van der Waals surface area contributed by atoms with Crippen LogP contribution in [0.5, 0.6) is 0 Å². The van der Waals surface area contributed by atoms with E-state index in [0.717, 1.165) is 31.0 Å². The van der Waals surface area contributed by atoms with Crippen LogP contribution in [0, 0.1) is 11.6 Å². The molecule has 0 atom stereocenters. The number of benzene rings is 1. The van der Waals surface area contributed by atoms with Crippen molar-refractivity contribution in [2.75, 3.05) is 13.6 Å². The zero-order valence-corrected chi connectivity index (χ0v) is 10.2. The van der Waals surface area contributed by atoms with Gasteiger partial charge >= 0.3 is 0 Å². The Morgan fingerprint density at radius 3 is 2.89 bits per heavy atom. The van der Waals surface area contributed by atoms with E-state index in [-0.39, 0.29) is 5.69 Å². The lowest BCUT2D eigenvalue weighted by Gasteiger charge is -2.02. The Labute approximate surface area is 104 Å². The van der Waals surface area contributed by atoms with Gasteiger partial charge in [-0.25, -0.2) is 13.5 Å². The Morgan fingerprint density at radius 1 is 1.33 bits per heavy atom. The maximum Gasteiger partial charge on any atom is 0.151 e. The molecule has 0 bridgehead atoms. The molecule has 0 saturated carbocycles. The topological polar surface area (TPSA) is 29.9 Å².